The molecule has 3 atom stereocenters. The van der Waals surface area contributed by atoms with Gasteiger partial charge in [0.05, 0.1) is 12.5 Å². The maximum absolute atomic E-state index is 12.6. The number of hydrogen-bond acceptors (Lipinski definition) is 2. The van der Waals surface area contributed by atoms with Crippen LogP contribution in [-0.2, 0) is 9.53 Å². The van der Waals surface area contributed by atoms with E-state index in [0.29, 0.717) is 29.3 Å². The number of carbonyl (C=O) groups excluding carboxylic acids is 1. The molecule has 3 unspecified atom stereocenters. The molecule has 1 saturated carbocycles. The van der Waals surface area contributed by atoms with Crippen LogP contribution in [0.4, 0.5) is 0 Å². The summed E-state index contributed by atoms with van der Waals surface area (Å²) in [6, 6.07) is 0. The molecule has 0 aromatic carbocycles. The first kappa shape index (κ1) is 25.5. The summed E-state index contributed by atoms with van der Waals surface area (Å²) in [5.41, 5.74) is 0.703. The van der Waals surface area contributed by atoms with E-state index in [1.54, 1.807) is 0 Å². The van der Waals surface area contributed by atoms with Crippen molar-refractivity contribution in [1.29, 1.82) is 0 Å². The molecule has 0 N–H and O–H groups in total. The van der Waals surface area contributed by atoms with Crippen LogP contribution in [0.15, 0.2) is 0 Å². The van der Waals surface area contributed by atoms with E-state index in [0.717, 1.165) is 24.7 Å². The molecular weight excluding hydrogens is 344 g/mol. The quantitative estimate of drug-likeness (QED) is 0.371. The van der Waals surface area contributed by atoms with Gasteiger partial charge >= 0.3 is 5.97 Å². The summed E-state index contributed by atoms with van der Waals surface area (Å²) in [6.07, 6.45) is 9.23. The van der Waals surface area contributed by atoms with Gasteiger partial charge < -0.3 is 4.74 Å². The van der Waals surface area contributed by atoms with Crippen molar-refractivity contribution >= 4 is 5.97 Å². The number of ether oxygens (including phenoxy) is 1. The van der Waals surface area contributed by atoms with Crippen LogP contribution in [0.1, 0.15) is 114 Å². The number of hydrogen-bond donors (Lipinski definition) is 0. The molecule has 1 aliphatic rings. The van der Waals surface area contributed by atoms with Crippen molar-refractivity contribution in [2.45, 2.75) is 114 Å². The summed E-state index contributed by atoms with van der Waals surface area (Å²) in [4.78, 5) is 12.6. The lowest BCUT2D eigenvalue weighted by Gasteiger charge is -2.32. The lowest BCUT2D eigenvalue weighted by molar-refractivity contribution is -0.152. The Kier molecular flexibility index (Phi) is 10.0. The van der Waals surface area contributed by atoms with Crippen molar-refractivity contribution in [2.24, 2.45) is 40.4 Å². The van der Waals surface area contributed by atoms with Gasteiger partial charge in [0.2, 0.25) is 0 Å². The highest BCUT2D eigenvalue weighted by Crippen LogP contribution is 2.34. The molecule has 1 rings (SSSR count). The average Bonchev–Trinajstić information content (AvgIpc) is 2.51. The van der Waals surface area contributed by atoms with Gasteiger partial charge in [-0.25, -0.2) is 0 Å². The first-order valence-corrected chi connectivity index (χ1v) is 11.9. The van der Waals surface area contributed by atoms with Gasteiger partial charge in [0, 0.05) is 0 Å². The molecule has 28 heavy (non-hydrogen) atoms. The zero-order chi connectivity index (χ0) is 21.5. The van der Waals surface area contributed by atoms with Crippen LogP contribution < -0.4 is 0 Å². The van der Waals surface area contributed by atoms with Crippen molar-refractivity contribution < 1.29 is 9.53 Å². The molecule has 2 nitrogen and oxygen atoms in total. The highest BCUT2D eigenvalue weighted by molar-refractivity contribution is 5.72. The van der Waals surface area contributed by atoms with Crippen molar-refractivity contribution in [3.63, 3.8) is 0 Å². The summed E-state index contributed by atoms with van der Waals surface area (Å²) >= 11 is 0. The zero-order valence-corrected chi connectivity index (χ0v) is 20.6. The Hall–Kier alpha value is -0.530. The van der Waals surface area contributed by atoms with Gasteiger partial charge in [0.25, 0.3) is 0 Å². The highest BCUT2D eigenvalue weighted by Gasteiger charge is 2.29. The van der Waals surface area contributed by atoms with Crippen molar-refractivity contribution in [3.05, 3.63) is 0 Å². The molecule has 0 aromatic rings. The van der Waals surface area contributed by atoms with Gasteiger partial charge in [0.15, 0.2) is 0 Å². The summed E-state index contributed by atoms with van der Waals surface area (Å²) in [5, 5.41) is 0. The molecular formula is C26H50O2. The van der Waals surface area contributed by atoms with Gasteiger partial charge in [-0.15, -0.1) is 0 Å². The van der Waals surface area contributed by atoms with E-state index in [1.807, 2.05) is 0 Å². The molecule has 1 aliphatic carbocycles. The molecule has 0 spiro atoms. The van der Waals surface area contributed by atoms with Crippen LogP contribution in [0.2, 0.25) is 0 Å². The topological polar surface area (TPSA) is 26.3 Å². The fourth-order valence-electron chi connectivity index (χ4n) is 5.11. The van der Waals surface area contributed by atoms with E-state index in [9.17, 15) is 4.79 Å². The molecule has 166 valence electrons. The van der Waals surface area contributed by atoms with E-state index in [-0.39, 0.29) is 11.9 Å². The zero-order valence-electron chi connectivity index (χ0n) is 20.6. The fraction of sp³-hybridized carbons (Fsp3) is 0.962. The van der Waals surface area contributed by atoms with Crippen LogP contribution in [-0.4, -0.2) is 12.6 Å². The van der Waals surface area contributed by atoms with E-state index in [4.69, 9.17) is 4.74 Å². The van der Waals surface area contributed by atoms with E-state index in [2.05, 4.69) is 62.3 Å². The predicted octanol–water partition coefficient (Wildman–Crippen LogP) is 7.90. The molecule has 0 heterocycles. The van der Waals surface area contributed by atoms with Gasteiger partial charge in [-0.2, -0.15) is 0 Å². The van der Waals surface area contributed by atoms with Crippen LogP contribution in [0.5, 0.6) is 0 Å². The predicted molar refractivity (Wildman–Crippen MR) is 121 cm³/mol. The van der Waals surface area contributed by atoms with Crippen molar-refractivity contribution in [1.82, 2.24) is 0 Å². The Labute approximate surface area is 176 Å². The van der Waals surface area contributed by atoms with E-state index in [1.165, 1.54) is 38.5 Å². The minimum absolute atomic E-state index is 0.0719. The van der Waals surface area contributed by atoms with Gasteiger partial charge in [-0.05, 0) is 79.4 Å². The Morgan fingerprint density at radius 1 is 0.893 bits per heavy atom. The summed E-state index contributed by atoms with van der Waals surface area (Å²) in [7, 11) is 0. The number of rotatable bonds is 9. The lowest BCUT2D eigenvalue weighted by Crippen LogP contribution is -2.28. The fourth-order valence-corrected chi connectivity index (χ4v) is 5.11. The Morgan fingerprint density at radius 3 is 1.93 bits per heavy atom. The molecule has 2 heteroatoms. The number of esters is 1. The molecule has 0 amide bonds. The second kappa shape index (κ2) is 11.0. The first-order chi connectivity index (χ1) is 12.8. The SMILES string of the molecule is CC1CCC(C(=O)OCC(CCC(C)CC(C)(C)C)C(C)CC(C)(C)C)CC1. The number of carbonyl (C=O) groups is 1. The minimum atomic E-state index is 0.0719. The molecule has 1 fully saturated rings. The lowest BCUT2D eigenvalue weighted by atomic mass is 9.76. The maximum Gasteiger partial charge on any atom is 0.308 e. The van der Waals surface area contributed by atoms with Crippen LogP contribution in [0, 0.1) is 40.4 Å². The third-order valence-corrected chi connectivity index (χ3v) is 6.52. The van der Waals surface area contributed by atoms with Crippen LogP contribution in [0.25, 0.3) is 0 Å². The monoisotopic (exact) mass is 394 g/mol. The van der Waals surface area contributed by atoms with Gasteiger partial charge in [-0.3, -0.25) is 4.79 Å². The van der Waals surface area contributed by atoms with E-state index < -0.39 is 0 Å². The van der Waals surface area contributed by atoms with Crippen LogP contribution in [0.3, 0.4) is 0 Å². The third kappa shape index (κ3) is 10.9. The minimum Gasteiger partial charge on any atom is -0.465 e. The Balaban J connectivity index is 2.60. The standard InChI is InChI=1S/C26H50O2/c1-19-10-13-22(14-11-19)24(27)28-18-23(21(3)17-26(7,8)9)15-12-20(2)16-25(4,5)6/h19-23H,10-18H2,1-9H3. The van der Waals surface area contributed by atoms with Gasteiger partial charge in [0.1, 0.15) is 0 Å². The summed E-state index contributed by atoms with van der Waals surface area (Å²) in [5.74, 6) is 2.78. The average molecular weight is 395 g/mol. The summed E-state index contributed by atoms with van der Waals surface area (Å²) < 4.78 is 5.91. The Bertz CT molecular complexity index is 446. The van der Waals surface area contributed by atoms with Crippen molar-refractivity contribution in [3.8, 4) is 0 Å². The van der Waals surface area contributed by atoms with Crippen molar-refractivity contribution in [2.75, 3.05) is 6.61 Å². The molecule has 0 aromatic heterocycles. The first-order valence-electron chi connectivity index (χ1n) is 11.9. The molecule has 0 radical (unpaired) electrons. The summed E-state index contributed by atoms with van der Waals surface area (Å²) in [6.45, 7) is 21.6. The second-order valence-corrected chi connectivity index (χ2v) is 12.5. The van der Waals surface area contributed by atoms with Gasteiger partial charge in [-0.1, -0.05) is 68.7 Å². The molecule has 0 bridgehead atoms. The van der Waals surface area contributed by atoms with E-state index >= 15 is 0 Å². The van der Waals surface area contributed by atoms with Crippen LogP contribution >= 0.6 is 0 Å². The normalized spacial score (nSPS) is 24.5. The molecule has 0 saturated heterocycles. The second-order valence-electron chi connectivity index (χ2n) is 12.5. The molecule has 0 aliphatic heterocycles. The smallest absolute Gasteiger partial charge is 0.308 e. The largest absolute Gasteiger partial charge is 0.465 e. The highest BCUT2D eigenvalue weighted by atomic mass is 16.5. The maximum atomic E-state index is 12.6. The third-order valence-electron chi connectivity index (χ3n) is 6.52. The Morgan fingerprint density at radius 2 is 1.43 bits per heavy atom.